The van der Waals surface area contributed by atoms with Crippen molar-refractivity contribution >= 4 is 53.4 Å². The maximum Gasteiger partial charge on any atom is 0.165 e. The summed E-state index contributed by atoms with van der Waals surface area (Å²) in [6.45, 7) is 0. The van der Waals surface area contributed by atoms with Crippen molar-refractivity contribution in [3.05, 3.63) is 164 Å². The molecule has 5 heteroatoms. The van der Waals surface area contributed by atoms with Gasteiger partial charge in [-0.3, -0.25) is 0 Å². The standard InChI is InChI=1S/C45H27N3OS/c1-3-12-28(13-4-1)29-22-24-31(25-23-29)43-46-44(48-45(47-43)36-19-11-18-34-33-16-8-10-21-40(33)50-42(34)36)32-26-37(30-14-5-2-6-15-30)41-35-17-7-9-20-38(35)49-39(41)27-32/h1-27H. The molecule has 7 aromatic carbocycles. The van der Waals surface area contributed by atoms with Crippen LogP contribution in [0.3, 0.4) is 0 Å². The van der Waals surface area contributed by atoms with Gasteiger partial charge >= 0.3 is 0 Å². The summed E-state index contributed by atoms with van der Waals surface area (Å²) in [5, 5.41) is 4.61. The van der Waals surface area contributed by atoms with Gasteiger partial charge in [-0.2, -0.15) is 0 Å². The minimum Gasteiger partial charge on any atom is -0.456 e. The van der Waals surface area contributed by atoms with Gasteiger partial charge in [0.15, 0.2) is 17.5 Å². The number of aromatic nitrogens is 3. The number of para-hydroxylation sites is 1. The van der Waals surface area contributed by atoms with Gasteiger partial charge in [-0.1, -0.05) is 133 Å². The van der Waals surface area contributed by atoms with Crippen molar-refractivity contribution in [2.24, 2.45) is 0 Å². The summed E-state index contributed by atoms with van der Waals surface area (Å²) in [4.78, 5) is 15.5. The average molecular weight is 658 g/mol. The van der Waals surface area contributed by atoms with Crippen LogP contribution >= 0.6 is 11.3 Å². The van der Waals surface area contributed by atoms with Gasteiger partial charge in [-0.05, 0) is 52.6 Å². The Balaban J connectivity index is 1.22. The molecule has 0 saturated heterocycles. The summed E-state index contributed by atoms with van der Waals surface area (Å²) < 4.78 is 8.88. The van der Waals surface area contributed by atoms with E-state index in [1.165, 1.54) is 21.0 Å². The van der Waals surface area contributed by atoms with E-state index < -0.39 is 0 Å². The highest BCUT2D eigenvalue weighted by molar-refractivity contribution is 7.26. The molecule has 0 aliphatic carbocycles. The van der Waals surface area contributed by atoms with E-state index in [9.17, 15) is 0 Å². The van der Waals surface area contributed by atoms with Crippen LogP contribution in [0.1, 0.15) is 0 Å². The highest BCUT2D eigenvalue weighted by atomic mass is 32.1. The smallest absolute Gasteiger partial charge is 0.165 e. The van der Waals surface area contributed by atoms with E-state index >= 15 is 0 Å². The molecular weight excluding hydrogens is 631 g/mol. The van der Waals surface area contributed by atoms with E-state index in [1.54, 1.807) is 11.3 Å². The largest absolute Gasteiger partial charge is 0.456 e. The molecule has 50 heavy (non-hydrogen) atoms. The van der Waals surface area contributed by atoms with Crippen LogP contribution in [0.4, 0.5) is 0 Å². The van der Waals surface area contributed by atoms with Gasteiger partial charge in [0, 0.05) is 47.6 Å². The molecule has 0 fully saturated rings. The maximum atomic E-state index is 6.48. The molecule has 10 rings (SSSR count). The first-order valence-corrected chi connectivity index (χ1v) is 17.4. The van der Waals surface area contributed by atoms with Crippen LogP contribution < -0.4 is 0 Å². The van der Waals surface area contributed by atoms with E-state index in [1.807, 2.05) is 24.3 Å². The lowest BCUT2D eigenvalue weighted by Crippen LogP contribution is -2.00. The summed E-state index contributed by atoms with van der Waals surface area (Å²) in [6.07, 6.45) is 0. The molecule has 234 valence electrons. The number of fused-ring (bicyclic) bond motifs is 6. The van der Waals surface area contributed by atoms with Gasteiger partial charge in [0.25, 0.3) is 0 Å². The Hall–Kier alpha value is -6.43. The third-order valence-corrected chi connectivity index (χ3v) is 10.6. The van der Waals surface area contributed by atoms with Crippen molar-refractivity contribution in [1.29, 1.82) is 0 Å². The molecule has 0 N–H and O–H groups in total. The Morgan fingerprint density at radius 3 is 1.78 bits per heavy atom. The molecular formula is C45H27N3OS. The number of hydrogen-bond acceptors (Lipinski definition) is 5. The Morgan fingerprint density at radius 1 is 0.380 bits per heavy atom. The summed E-state index contributed by atoms with van der Waals surface area (Å²) in [7, 11) is 0. The summed E-state index contributed by atoms with van der Waals surface area (Å²) in [5.41, 5.74) is 8.91. The van der Waals surface area contributed by atoms with Crippen LogP contribution in [0.5, 0.6) is 0 Å². The van der Waals surface area contributed by atoms with Crippen LogP contribution in [0.2, 0.25) is 0 Å². The van der Waals surface area contributed by atoms with Gasteiger partial charge in [0.05, 0.1) is 0 Å². The summed E-state index contributed by atoms with van der Waals surface area (Å²) in [6, 6.07) is 56.8. The fourth-order valence-corrected chi connectivity index (χ4v) is 8.16. The number of benzene rings is 7. The highest BCUT2D eigenvalue weighted by Gasteiger charge is 2.20. The summed E-state index contributed by atoms with van der Waals surface area (Å²) >= 11 is 1.77. The van der Waals surface area contributed by atoms with Crippen LogP contribution in [0.25, 0.3) is 98.5 Å². The minimum atomic E-state index is 0.592. The van der Waals surface area contributed by atoms with E-state index in [-0.39, 0.29) is 0 Å². The molecule has 0 spiro atoms. The van der Waals surface area contributed by atoms with E-state index in [0.717, 1.165) is 60.0 Å². The monoisotopic (exact) mass is 657 g/mol. The van der Waals surface area contributed by atoms with E-state index in [4.69, 9.17) is 19.4 Å². The Morgan fingerprint density at radius 2 is 0.980 bits per heavy atom. The zero-order valence-corrected chi connectivity index (χ0v) is 27.6. The van der Waals surface area contributed by atoms with E-state index in [0.29, 0.717) is 17.5 Å². The third-order valence-electron chi connectivity index (χ3n) is 9.35. The predicted octanol–water partition coefficient (Wildman–Crippen LogP) is 12.5. The molecule has 0 radical (unpaired) electrons. The number of thiophene rings is 1. The predicted molar refractivity (Wildman–Crippen MR) is 207 cm³/mol. The van der Waals surface area contributed by atoms with Gasteiger partial charge in [-0.15, -0.1) is 11.3 Å². The quantitative estimate of drug-likeness (QED) is 0.185. The molecule has 3 aromatic heterocycles. The Labute approximate surface area is 292 Å². The topological polar surface area (TPSA) is 51.8 Å². The van der Waals surface area contributed by atoms with Crippen LogP contribution in [0, 0.1) is 0 Å². The lowest BCUT2D eigenvalue weighted by atomic mass is 9.97. The zero-order chi connectivity index (χ0) is 33.0. The van der Waals surface area contributed by atoms with Crippen molar-refractivity contribution in [3.63, 3.8) is 0 Å². The zero-order valence-electron chi connectivity index (χ0n) is 26.7. The van der Waals surface area contributed by atoms with Crippen molar-refractivity contribution < 1.29 is 4.42 Å². The second kappa shape index (κ2) is 11.6. The van der Waals surface area contributed by atoms with Gasteiger partial charge in [0.1, 0.15) is 11.2 Å². The molecule has 10 aromatic rings. The third kappa shape index (κ3) is 4.79. The van der Waals surface area contributed by atoms with Crippen molar-refractivity contribution in [3.8, 4) is 56.4 Å². The average Bonchev–Trinajstić information content (AvgIpc) is 3.77. The molecule has 0 atom stereocenters. The number of furan rings is 1. The molecule has 0 aliphatic heterocycles. The number of rotatable bonds is 5. The molecule has 3 heterocycles. The van der Waals surface area contributed by atoms with Crippen molar-refractivity contribution in [2.45, 2.75) is 0 Å². The number of nitrogens with zero attached hydrogens (tertiary/aromatic N) is 3. The molecule has 0 bridgehead atoms. The van der Waals surface area contributed by atoms with Crippen molar-refractivity contribution in [1.82, 2.24) is 15.0 Å². The normalized spacial score (nSPS) is 11.6. The first kappa shape index (κ1) is 28.6. The van der Waals surface area contributed by atoms with Crippen LogP contribution in [0.15, 0.2) is 168 Å². The minimum absolute atomic E-state index is 0.592. The van der Waals surface area contributed by atoms with Gasteiger partial charge < -0.3 is 4.42 Å². The van der Waals surface area contributed by atoms with Gasteiger partial charge in [0.2, 0.25) is 0 Å². The maximum absolute atomic E-state index is 6.48. The van der Waals surface area contributed by atoms with Crippen LogP contribution in [-0.4, -0.2) is 15.0 Å². The van der Waals surface area contributed by atoms with E-state index in [2.05, 4.69) is 140 Å². The number of hydrogen-bond donors (Lipinski definition) is 0. The fraction of sp³-hybridized carbons (Fsp3) is 0. The Bertz CT molecular complexity index is 2860. The first-order chi connectivity index (χ1) is 24.8. The lowest BCUT2D eigenvalue weighted by Gasteiger charge is -2.11. The molecule has 0 amide bonds. The second-order valence-corrected chi connectivity index (χ2v) is 13.4. The first-order valence-electron chi connectivity index (χ1n) is 16.6. The summed E-state index contributed by atoms with van der Waals surface area (Å²) in [5.74, 6) is 1.85. The van der Waals surface area contributed by atoms with Crippen molar-refractivity contribution in [2.75, 3.05) is 0 Å². The molecule has 0 aliphatic rings. The van der Waals surface area contributed by atoms with Gasteiger partial charge in [-0.25, -0.2) is 15.0 Å². The molecule has 0 saturated carbocycles. The second-order valence-electron chi connectivity index (χ2n) is 12.4. The highest BCUT2D eigenvalue weighted by Crippen LogP contribution is 2.42. The SMILES string of the molecule is c1ccc(-c2ccc(-c3nc(-c4cc(-c5ccccc5)c5c(c4)oc4ccccc45)nc(-c4cccc5c4sc4ccccc45)n3)cc2)cc1. The molecule has 4 nitrogen and oxygen atoms in total. The van der Waals surface area contributed by atoms with Crippen LogP contribution in [-0.2, 0) is 0 Å². The fourth-order valence-electron chi connectivity index (χ4n) is 6.95. The lowest BCUT2D eigenvalue weighted by molar-refractivity contribution is 0.669. The molecule has 0 unspecified atom stereocenters. The Kier molecular flexibility index (Phi) is 6.64.